The first kappa shape index (κ1) is 9.40. The number of nitrogens with zero attached hydrogens (tertiary/aromatic N) is 2. The smallest absolute Gasteiger partial charge is 0.223 e. The van der Waals surface area contributed by atoms with Crippen molar-refractivity contribution in [2.75, 3.05) is 11.9 Å². The Kier molecular flexibility index (Phi) is 2.63. The van der Waals surface area contributed by atoms with Crippen molar-refractivity contribution < 1.29 is 0 Å². The van der Waals surface area contributed by atoms with Crippen LogP contribution in [0.1, 0.15) is 18.5 Å². The fraction of sp³-hybridized carbons (Fsp3) is 0.600. The lowest BCUT2D eigenvalue weighted by atomic mass is 10.2. The minimum atomic E-state index is 0.344. The van der Waals surface area contributed by atoms with Gasteiger partial charge in [-0.15, -0.1) is 0 Å². The van der Waals surface area contributed by atoms with Crippen LogP contribution < -0.4 is 11.1 Å². The van der Waals surface area contributed by atoms with Crippen molar-refractivity contribution in [2.45, 2.75) is 25.8 Å². The molecule has 76 valence electrons. The van der Waals surface area contributed by atoms with Gasteiger partial charge in [0.15, 0.2) is 0 Å². The number of hydrogen-bond acceptors (Lipinski definition) is 4. The Morgan fingerprint density at radius 2 is 2.43 bits per heavy atom. The average molecular weight is 192 g/mol. The normalized spacial score (nSPS) is 17.9. The molecule has 1 aliphatic rings. The largest absolute Gasteiger partial charge is 0.350 e. The molecule has 1 saturated carbocycles. The summed E-state index contributed by atoms with van der Waals surface area (Å²) in [6.07, 6.45) is 4.33. The third-order valence-corrected chi connectivity index (χ3v) is 2.55. The Morgan fingerprint density at radius 1 is 1.64 bits per heavy atom. The van der Waals surface area contributed by atoms with E-state index in [4.69, 9.17) is 5.73 Å². The van der Waals surface area contributed by atoms with Crippen LogP contribution >= 0.6 is 0 Å². The predicted octanol–water partition coefficient (Wildman–Crippen LogP) is 0.934. The van der Waals surface area contributed by atoms with E-state index in [1.165, 1.54) is 12.8 Å². The third-order valence-electron chi connectivity index (χ3n) is 2.55. The summed E-state index contributed by atoms with van der Waals surface area (Å²) >= 11 is 0. The highest BCUT2D eigenvalue weighted by atomic mass is 15.1. The van der Waals surface area contributed by atoms with E-state index in [9.17, 15) is 0 Å². The van der Waals surface area contributed by atoms with E-state index in [1.807, 2.05) is 13.0 Å². The van der Waals surface area contributed by atoms with Gasteiger partial charge >= 0.3 is 0 Å². The number of nitrogens with two attached hydrogens (primary N) is 1. The number of rotatable bonds is 4. The second-order valence-corrected chi connectivity index (χ2v) is 3.85. The molecule has 1 atom stereocenters. The number of hydrogen-bond donors (Lipinski definition) is 2. The molecule has 1 aromatic rings. The predicted molar refractivity (Wildman–Crippen MR) is 56.0 cm³/mol. The third kappa shape index (κ3) is 2.20. The first-order valence-electron chi connectivity index (χ1n) is 5.06. The highest BCUT2D eigenvalue weighted by molar-refractivity contribution is 5.27. The van der Waals surface area contributed by atoms with Crippen molar-refractivity contribution in [1.29, 1.82) is 0 Å². The summed E-state index contributed by atoms with van der Waals surface area (Å²) in [5.74, 6) is 1.43. The van der Waals surface area contributed by atoms with Gasteiger partial charge in [0.2, 0.25) is 5.95 Å². The molecule has 1 unspecified atom stereocenters. The van der Waals surface area contributed by atoms with Crippen LogP contribution in [0, 0.1) is 12.8 Å². The Balaban J connectivity index is 2.01. The monoisotopic (exact) mass is 192 g/mol. The van der Waals surface area contributed by atoms with Gasteiger partial charge < -0.3 is 11.1 Å². The molecule has 1 fully saturated rings. The van der Waals surface area contributed by atoms with Gasteiger partial charge in [0.25, 0.3) is 0 Å². The summed E-state index contributed by atoms with van der Waals surface area (Å²) in [4.78, 5) is 8.45. The molecule has 0 saturated heterocycles. The van der Waals surface area contributed by atoms with Crippen molar-refractivity contribution in [2.24, 2.45) is 11.7 Å². The molecule has 0 spiro atoms. The first-order valence-corrected chi connectivity index (χ1v) is 5.06. The van der Waals surface area contributed by atoms with Gasteiger partial charge in [0.05, 0.1) is 0 Å². The lowest BCUT2D eigenvalue weighted by Crippen LogP contribution is -2.31. The molecule has 3 N–H and O–H groups in total. The Bertz CT molecular complexity index is 309. The average Bonchev–Trinajstić information content (AvgIpc) is 2.97. The lowest BCUT2D eigenvalue weighted by molar-refractivity contribution is 0.638. The van der Waals surface area contributed by atoms with Gasteiger partial charge in [-0.05, 0) is 31.7 Å². The Labute approximate surface area is 83.9 Å². The van der Waals surface area contributed by atoms with Crippen molar-refractivity contribution in [3.63, 3.8) is 0 Å². The van der Waals surface area contributed by atoms with Gasteiger partial charge in [-0.2, -0.15) is 0 Å². The van der Waals surface area contributed by atoms with E-state index in [-0.39, 0.29) is 0 Å². The van der Waals surface area contributed by atoms with E-state index in [0.29, 0.717) is 18.5 Å². The summed E-state index contributed by atoms with van der Waals surface area (Å²) in [5, 5.41) is 3.28. The Hall–Kier alpha value is -1.16. The number of nitrogens with one attached hydrogen (secondary N) is 1. The second-order valence-electron chi connectivity index (χ2n) is 3.85. The molecule has 0 radical (unpaired) electrons. The summed E-state index contributed by atoms with van der Waals surface area (Å²) < 4.78 is 0. The second kappa shape index (κ2) is 3.92. The molecule has 1 aromatic heterocycles. The minimum Gasteiger partial charge on any atom is -0.350 e. The van der Waals surface area contributed by atoms with Gasteiger partial charge in [0.1, 0.15) is 0 Å². The number of aryl methyl sites for hydroxylation is 1. The zero-order valence-corrected chi connectivity index (χ0v) is 8.40. The van der Waals surface area contributed by atoms with Crippen LogP contribution in [0.5, 0.6) is 0 Å². The van der Waals surface area contributed by atoms with Crippen LogP contribution in [0.2, 0.25) is 0 Å². The molecule has 0 aliphatic heterocycles. The van der Waals surface area contributed by atoms with Crippen molar-refractivity contribution in [1.82, 2.24) is 9.97 Å². The zero-order valence-electron chi connectivity index (χ0n) is 8.40. The standard InChI is InChI=1S/C10H16N4/c1-7-4-5-12-10(13-7)14-9(6-11)8-2-3-8/h4-5,8-9H,2-3,6,11H2,1H3,(H,12,13,14). The van der Waals surface area contributed by atoms with Crippen molar-refractivity contribution in [3.8, 4) is 0 Å². The molecular formula is C10H16N4. The summed E-state index contributed by atoms with van der Waals surface area (Å²) in [6, 6.07) is 2.23. The van der Waals surface area contributed by atoms with Crippen molar-refractivity contribution >= 4 is 5.95 Å². The molecule has 4 heteroatoms. The van der Waals surface area contributed by atoms with Gasteiger partial charge in [0, 0.05) is 24.5 Å². The van der Waals surface area contributed by atoms with E-state index < -0.39 is 0 Å². The molecule has 0 bridgehead atoms. The molecule has 14 heavy (non-hydrogen) atoms. The van der Waals surface area contributed by atoms with E-state index in [0.717, 1.165) is 11.6 Å². The van der Waals surface area contributed by atoms with Gasteiger partial charge in [-0.1, -0.05) is 0 Å². The minimum absolute atomic E-state index is 0.344. The van der Waals surface area contributed by atoms with E-state index in [1.54, 1.807) is 6.20 Å². The number of anilines is 1. The van der Waals surface area contributed by atoms with E-state index >= 15 is 0 Å². The summed E-state index contributed by atoms with van der Waals surface area (Å²) in [7, 11) is 0. The maximum atomic E-state index is 5.68. The van der Waals surface area contributed by atoms with Gasteiger partial charge in [-0.25, -0.2) is 9.97 Å². The molecular weight excluding hydrogens is 176 g/mol. The molecule has 1 heterocycles. The fourth-order valence-electron chi connectivity index (χ4n) is 1.55. The van der Waals surface area contributed by atoms with Crippen LogP contribution in [-0.4, -0.2) is 22.6 Å². The molecule has 2 rings (SSSR count). The maximum Gasteiger partial charge on any atom is 0.223 e. The molecule has 0 aromatic carbocycles. The summed E-state index contributed by atoms with van der Waals surface area (Å²) in [6.45, 7) is 2.61. The highest BCUT2D eigenvalue weighted by Crippen LogP contribution is 2.33. The Morgan fingerprint density at radius 3 is 3.00 bits per heavy atom. The van der Waals surface area contributed by atoms with Crippen LogP contribution in [0.15, 0.2) is 12.3 Å². The summed E-state index contributed by atoms with van der Waals surface area (Å²) in [5.41, 5.74) is 6.66. The fourth-order valence-corrected chi connectivity index (χ4v) is 1.55. The molecule has 4 nitrogen and oxygen atoms in total. The van der Waals surface area contributed by atoms with Crippen LogP contribution in [-0.2, 0) is 0 Å². The quantitative estimate of drug-likeness (QED) is 0.745. The molecule has 1 aliphatic carbocycles. The topological polar surface area (TPSA) is 63.8 Å². The lowest BCUT2D eigenvalue weighted by Gasteiger charge is -2.15. The van der Waals surface area contributed by atoms with Crippen LogP contribution in [0.4, 0.5) is 5.95 Å². The highest BCUT2D eigenvalue weighted by Gasteiger charge is 2.30. The zero-order chi connectivity index (χ0) is 9.97. The SMILES string of the molecule is Cc1ccnc(NC(CN)C2CC2)n1. The first-order chi connectivity index (χ1) is 6.79. The van der Waals surface area contributed by atoms with Crippen LogP contribution in [0.25, 0.3) is 0 Å². The number of aromatic nitrogens is 2. The maximum absolute atomic E-state index is 5.68. The van der Waals surface area contributed by atoms with Crippen molar-refractivity contribution in [3.05, 3.63) is 18.0 Å². The van der Waals surface area contributed by atoms with E-state index in [2.05, 4.69) is 15.3 Å². The van der Waals surface area contributed by atoms with Crippen LogP contribution in [0.3, 0.4) is 0 Å². The molecule has 0 amide bonds. The van der Waals surface area contributed by atoms with Gasteiger partial charge in [-0.3, -0.25) is 0 Å².